The number of benzene rings is 2. The van der Waals surface area contributed by atoms with Gasteiger partial charge in [-0.3, -0.25) is 19.2 Å². The summed E-state index contributed by atoms with van der Waals surface area (Å²) < 4.78 is 0. The molecule has 258 valence electrons. The maximum absolute atomic E-state index is 13.1. The first-order valence-electron chi connectivity index (χ1n) is 16.9. The van der Waals surface area contributed by atoms with Gasteiger partial charge in [-0.2, -0.15) is 0 Å². The summed E-state index contributed by atoms with van der Waals surface area (Å²) in [5.41, 5.74) is 10.2. The largest absolute Gasteiger partial charge is 0.358 e. The van der Waals surface area contributed by atoms with Gasteiger partial charge in [0.25, 0.3) is 23.6 Å². The molecule has 2 aliphatic rings. The summed E-state index contributed by atoms with van der Waals surface area (Å²) in [5, 5.41) is 11.8. The van der Waals surface area contributed by atoms with Crippen molar-refractivity contribution in [2.45, 2.75) is 40.5 Å². The molecule has 0 spiro atoms. The van der Waals surface area contributed by atoms with E-state index >= 15 is 0 Å². The third-order valence-corrected chi connectivity index (χ3v) is 9.41. The predicted molar refractivity (Wildman–Crippen MR) is 198 cm³/mol. The van der Waals surface area contributed by atoms with Crippen LogP contribution < -0.4 is 21.3 Å². The van der Waals surface area contributed by atoms with E-state index in [4.69, 9.17) is 0 Å². The number of hydrogen-bond acceptors (Lipinski definition) is 5. The van der Waals surface area contributed by atoms with Gasteiger partial charge in [-0.1, -0.05) is 36.4 Å². The van der Waals surface area contributed by atoms with Gasteiger partial charge in [0.1, 0.15) is 0 Å². The summed E-state index contributed by atoms with van der Waals surface area (Å²) in [6.07, 6.45) is 5.16. The highest BCUT2D eigenvalue weighted by molar-refractivity contribution is 6.35. The number of aromatic amines is 2. The Morgan fingerprint density at radius 2 is 1.06 bits per heavy atom. The molecule has 0 bridgehead atoms. The molecule has 0 radical (unpaired) electrons. The monoisotopic (exact) mass is 673 g/mol. The molecule has 11 nitrogen and oxygen atoms in total. The first-order chi connectivity index (χ1) is 24.0. The van der Waals surface area contributed by atoms with Crippen LogP contribution in [0.4, 0.5) is 11.4 Å². The Balaban J connectivity index is 0.942. The second-order valence-corrected chi connectivity index (χ2v) is 13.0. The number of nitrogens with one attached hydrogen (secondary N) is 6. The summed E-state index contributed by atoms with van der Waals surface area (Å²) in [4.78, 5) is 60.1. The highest BCUT2D eigenvalue weighted by Gasteiger charge is 2.26. The van der Waals surface area contributed by atoms with E-state index in [1.54, 1.807) is 0 Å². The number of carbonyl (C=O) groups is 4. The van der Waals surface area contributed by atoms with Crippen LogP contribution in [0.3, 0.4) is 0 Å². The fourth-order valence-electron chi connectivity index (χ4n) is 6.76. The topological polar surface area (TPSA) is 151 Å². The zero-order valence-electron chi connectivity index (χ0n) is 29.1. The van der Waals surface area contributed by atoms with E-state index in [1.165, 1.54) is 0 Å². The quantitative estimate of drug-likeness (QED) is 0.0875. The number of nitrogens with zero attached hydrogens (tertiary/aromatic N) is 1. The van der Waals surface area contributed by atoms with Gasteiger partial charge in [-0.15, -0.1) is 0 Å². The van der Waals surface area contributed by atoms with Gasteiger partial charge in [-0.05, 0) is 96.1 Å². The van der Waals surface area contributed by atoms with Crippen molar-refractivity contribution in [1.82, 2.24) is 25.5 Å². The van der Waals surface area contributed by atoms with Crippen molar-refractivity contribution in [2.75, 3.05) is 43.9 Å². The number of anilines is 2. The van der Waals surface area contributed by atoms with Crippen LogP contribution in [0.2, 0.25) is 0 Å². The number of aryl methyl sites for hydroxylation is 2. The normalized spacial score (nSPS) is 15.0. The average Bonchev–Trinajstić information content (AvgIpc) is 3.77. The SMILES string of the molecule is Cc1[nH]c(/C=C2\C(=O)Nc3ccccc32)c(C)c1C(=O)NCCCN(C)CCCNC(=O)c1c(C)[nH]c(/C=C2/C(=O)Nc3ccccc32)c1C. The number of fused-ring (bicyclic) bond motifs is 2. The van der Waals surface area contributed by atoms with Gasteiger partial charge in [0.05, 0.1) is 22.3 Å². The highest BCUT2D eigenvalue weighted by Crippen LogP contribution is 2.35. The molecule has 11 heteroatoms. The van der Waals surface area contributed by atoms with Gasteiger partial charge in [0.15, 0.2) is 0 Å². The molecule has 2 aromatic heterocycles. The van der Waals surface area contributed by atoms with E-state index in [0.717, 1.165) is 82.3 Å². The summed E-state index contributed by atoms with van der Waals surface area (Å²) in [5.74, 6) is -0.609. The molecule has 4 aromatic rings. The predicted octanol–water partition coefficient (Wildman–Crippen LogP) is 5.43. The van der Waals surface area contributed by atoms with Crippen LogP contribution in [-0.2, 0) is 9.59 Å². The minimum Gasteiger partial charge on any atom is -0.358 e. The number of amides is 4. The number of para-hydroxylation sites is 2. The molecule has 6 N–H and O–H groups in total. The van der Waals surface area contributed by atoms with Crippen LogP contribution in [0.25, 0.3) is 23.3 Å². The highest BCUT2D eigenvalue weighted by atomic mass is 16.2. The van der Waals surface area contributed by atoms with Crippen molar-refractivity contribution in [1.29, 1.82) is 0 Å². The van der Waals surface area contributed by atoms with Crippen molar-refractivity contribution < 1.29 is 19.2 Å². The molecule has 0 atom stereocenters. The van der Waals surface area contributed by atoms with E-state index in [2.05, 4.69) is 36.1 Å². The van der Waals surface area contributed by atoms with E-state index in [9.17, 15) is 19.2 Å². The lowest BCUT2D eigenvalue weighted by atomic mass is 10.0. The number of carbonyl (C=O) groups excluding carboxylic acids is 4. The van der Waals surface area contributed by atoms with E-state index in [1.807, 2.05) is 95.4 Å². The average molecular weight is 674 g/mol. The molecule has 2 aliphatic heterocycles. The first kappa shape index (κ1) is 34.2. The van der Waals surface area contributed by atoms with Gasteiger partial charge in [-0.25, -0.2) is 0 Å². The second-order valence-electron chi connectivity index (χ2n) is 13.0. The molecule has 50 heavy (non-hydrogen) atoms. The molecular formula is C39H43N7O4. The van der Waals surface area contributed by atoms with Crippen LogP contribution in [0.5, 0.6) is 0 Å². The lowest BCUT2D eigenvalue weighted by molar-refractivity contribution is -0.111. The van der Waals surface area contributed by atoms with Crippen LogP contribution in [-0.4, -0.2) is 71.7 Å². The first-order valence-corrected chi connectivity index (χ1v) is 16.9. The Labute approximate surface area is 291 Å². The second kappa shape index (κ2) is 14.4. The molecule has 0 fully saturated rings. The zero-order valence-corrected chi connectivity index (χ0v) is 29.1. The van der Waals surface area contributed by atoms with Crippen molar-refractivity contribution in [3.8, 4) is 0 Å². The fourth-order valence-corrected chi connectivity index (χ4v) is 6.76. The van der Waals surface area contributed by atoms with Crippen molar-refractivity contribution in [2.24, 2.45) is 0 Å². The van der Waals surface area contributed by atoms with E-state index in [-0.39, 0.29) is 23.6 Å². The maximum atomic E-state index is 13.1. The van der Waals surface area contributed by atoms with Crippen LogP contribution in [0.1, 0.15) is 78.6 Å². The number of rotatable bonds is 12. The molecule has 2 aromatic carbocycles. The van der Waals surface area contributed by atoms with E-state index < -0.39 is 0 Å². The lowest BCUT2D eigenvalue weighted by Gasteiger charge is -2.17. The van der Waals surface area contributed by atoms with Crippen LogP contribution in [0, 0.1) is 27.7 Å². The fraction of sp³-hybridized carbons (Fsp3) is 0.282. The molecular weight excluding hydrogens is 630 g/mol. The Hall–Kier alpha value is -5.68. The standard InChI is InChI=1S/C39H43N7O4/c1-22-32(20-28-26-12-6-8-14-30(26)44-36(28)47)42-24(3)34(22)38(49)40-16-10-18-46(5)19-11-17-41-39(50)35-23(2)33(43-25(35)4)21-29-27-13-7-9-15-31(27)45-37(29)48/h6-9,12-15,20-21,42-43H,10-11,16-19H2,1-5H3,(H,40,49)(H,41,50)(H,44,47)(H,45,48)/b28-20-,29-21+. The third kappa shape index (κ3) is 6.90. The minimum atomic E-state index is -0.160. The Morgan fingerprint density at radius 3 is 1.48 bits per heavy atom. The molecule has 0 saturated heterocycles. The maximum Gasteiger partial charge on any atom is 0.256 e. The number of aromatic nitrogens is 2. The lowest BCUT2D eigenvalue weighted by Crippen LogP contribution is -2.31. The molecule has 0 aliphatic carbocycles. The van der Waals surface area contributed by atoms with Crippen molar-refractivity contribution in [3.05, 3.63) is 105 Å². The Morgan fingerprint density at radius 1 is 0.660 bits per heavy atom. The molecule has 6 rings (SSSR count). The zero-order chi connectivity index (χ0) is 35.5. The summed E-state index contributed by atoms with van der Waals surface area (Å²) in [6.45, 7) is 10.1. The minimum absolute atomic E-state index is 0.145. The number of hydrogen-bond donors (Lipinski definition) is 6. The van der Waals surface area contributed by atoms with E-state index in [0.29, 0.717) is 35.4 Å². The molecule has 4 heterocycles. The van der Waals surface area contributed by atoms with Crippen LogP contribution >= 0.6 is 0 Å². The van der Waals surface area contributed by atoms with Gasteiger partial charge in [0.2, 0.25) is 0 Å². The summed E-state index contributed by atoms with van der Waals surface area (Å²) in [6, 6.07) is 15.1. The Kier molecular flexibility index (Phi) is 9.87. The van der Waals surface area contributed by atoms with Crippen LogP contribution in [0.15, 0.2) is 48.5 Å². The smallest absolute Gasteiger partial charge is 0.256 e. The Bertz CT molecular complexity index is 1920. The molecule has 0 saturated carbocycles. The van der Waals surface area contributed by atoms with Crippen molar-refractivity contribution >= 4 is 58.3 Å². The summed E-state index contributed by atoms with van der Waals surface area (Å²) in [7, 11) is 2.03. The molecule has 4 amide bonds. The van der Waals surface area contributed by atoms with Gasteiger partial charge >= 0.3 is 0 Å². The third-order valence-electron chi connectivity index (χ3n) is 9.41. The summed E-state index contributed by atoms with van der Waals surface area (Å²) >= 11 is 0. The van der Waals surface area contributed by atoms with Crippen molar-refractivity contribution in [3.63, 3.8) is 0 Å². The number of H-pyrrole nitrogens is 2. The molecule has 0 unspecified atom stereocenters. The van der Waals surface area contributed by atoms with Gasteiger partial charge in [0, 0.05) is 58.4 Å². The van der Waals surface area contributed by atoms with Gasteiger partial charge < -0.3 is 36.1 Å².